The van der Waals surface area contributed by atoms with E-state index in [4.69, 9.17) is 16.3 Å². The van der Waals surface area contributed by atoms with Gasteiger partial charge in [-0.2, -0.15) is 0 Å². The molecule has 6 rings (SSSR count). The third-order valence-corrected chi connectivity index (χ3v) is 7.80. The van der Waals surface area contributed by atoms with E-state index < -0.39 is 17.7 Å². The van der Waals surface area contributed by atoms with Crippen LogP contribution in [0.15, 0.2) is 66.2 Å². The van der Waals surface area contributed by atoms with Gasteiger partial charge in [0.25, 0.3) is 5.78 Å². The predicted molar refractivity (Wildman–Crippen MR) is 141 cm³/mol. The number of aromatic nitrogens is 1. The first-order valence-corrected chi connectivity index (χ1v) is 12.7. The molecule has 1 N–H and O–H groups in total. The van der Waals surface area contributed by atoms with Crippen molar-refractivity contribution in [1.29, 1.82) is 0 Å². The van der Waals surface area contributed by atoms with Crippen molar-refractivity contribution in [3.8, 4) is 5.75 Å². The number of hydrogen-bond donors (Lipinski definition) is 1. The second-order valence-corrected chi connectivity index (χ2v) is 10.6. The first-order valence-electron chi connectivity index (χ1n) is 11.5. The number of amides is 1. The van der Waals surface area contributed by atoms with Crippen LogP contribution < -0.4 is 9.64 Å². The average molecular weight is 517 g/mol. The SMILES string of the molecule is Cc1ccc(C2/C(=C(/O)c3ccc4c(c3)CC(C)O4)C(=O)C(=O)N2c2nc3ccc(Cl)cc3s2)cc1. The highest BCUT2D eigenvalue weighted by atomic mass is 35.5. The standard InChI is InChI=1S/C28H21ClN2O4S/c1-14-3-5-16(6-4-14)24-23(25(32)17-7-10-21-18(12-17)11-15(2)35-21)26(33)27(34)31(24)28-30-20-9-8-19(29)13-22(20)36-28/h3-10,12-13,15,24,32H,11H2,1-2H3/b25-23-. The number of aliphatic hydroxyl groups is 1. The number of thiazole rings is 1. The summed E-state index contributed by atoms with van der Waals surface area (Å²) in [6, 6.07) is 17.4. The maximum Gasteiger partial charge on any atom is 0.301 e. The van der Waals surface area contributed by atoms with Crippen molar-refractivity contribution in [3.63, 3.8) is 0 Å². The van der Waals surface area contributed by atoms with Gasteiger partial charge in [0.05, 0.1) is 21.8 Å². The van der Waals surface area contributed by atoms with Crippen LogP contribution in [0.3, 0.4) is 0 Å². The van der Waals surface area contributed by atoms with E-state index in [9.17, 15) is 14.7 Å². The molecule has 4 aromatic rings. The minimum absolute atomic E-state index is 0.0352. The van der Waals surface area contributed by atoms with Gasteiger partial charge in [0, 0.05) is 17.0 Å². The maximum atomic E-state index is 13.4. The van der Waals surface area contributed by atoms with Gasteiger partial charge in [-0.1, -0.05) is 52.8 Å². The van der Waals surface area contributed by atoms with Gasteiger partial charge < -0.3 is 9.84 Å². The lowest BCUT2D eigenvalue weighted by molar-refractivity contribution is -0.132. The molecule has 36 heavy (non-hydrogen) atoms. The number of anilines is 1. The Bertz CT molecular complexity index is 1590. The number of carbonyl (C=O) groups is 2. The van der Waals surface area contributed by atoms with Gasteiger partial charge in [-0.25, -0.2) is 4.98 Å². The summed E-state index contributed by atoms with van der Waals surface area (Å²) >= 11 is 7.43. The van der Waals surface area contributed by atoms with E-state index in [2.05, 4.69) is 4.98 Å². The number of nitrogens with zero attached hydrogens (tertiary/aromatic N) is 2. The van der Waals surface area contributed by atoms with Crippen LogP contribution in [0.5, 0.6) is 5.75 Å². The molecule has 0 radical (unpaired) electrons. The summed E-state index contributed by atoms with van der Waals surface area (Å²) in [5.74, 6) is -0.929. The van der Waals surface area contributed by atoms with Crippen molar-refractivity contribution in [2.24, 2.45) is 0 Å². The largest absolute Gasteiger partial charge is 0.507 e. The lowest BCUT2D eigenvalue weighted by Gasteiger charge is -2.23. The zero-order valence-electron chi connectivity index (χ0n) is 19.5. The molecule has 0 bridgehead atoms. The molecular formula is C28H21ClN2O4S. The molecule has 0 spiro atoms. The van der Waals surface area contributed by atoms with Crippen LogP contribution in [0.25, 0.3) is 16.0 Å². The van der Waals surface area contributed by atoms with Crippen LogP contribution in [0.4, 0.5) is 5.13 Å². The molecule has 2 atom stereocenters. The van der Waals surface area contributed by atoms with Gasteiger partial charge in [0.2, 0.25) is 0 Å². The minimum Gasteiger partial charge on any atom is -0.507 e. The Balaban J connectivity index is 1.53. The highest BCUT2D eigenvalue weighted by Gasteiger charge is 2.48. The summed E-state index contributed by atoms with van der Waals surface area (Å²) in [4.78, 5) is 32.9. The van der Waals surface area contributed by atoms with Crippen molar-refractivity contribution in [2.75, 3.05) is 4.90 Å². The average Bonchev–Trinajstić information content (AvgIpc) is 3.51. The Labute approximate surface area is 216 Å². The number of fused-ring (bicyclic) bond motifs is 2. The second kappa shape index (κ2) is 8.47. The summed E-state index contributed by atoms with van der Waals surface area (Å²) in [6.07, 6.45) is 0.753. The molecule has 0 saturated carbocycles. The number of hydrogen-bond acceptors (Lipinski definition) is 6. The van der Waals surface area contributed by atoms with Crippen molar-refractivity contribution in [3.05, 3.63) is 93.5 Å². The molecule has 1 fully saturated rings. The summed E-state index contributed by atoms with van der Waals surface area (Å²) < 4.78 is 6.58. The molecule has 8 heteroatoms. The molecule has 3 aromatic carbocycles. The van der Waals surface area contributed by atoms with Crippen LogP contribution >= 0.6 is 22.9 Å². The van der Waals surface area contributed by atoms with Crippen molar-refractivity contribution in [2.45, 2.75) is 32.4 Å². The summed E-state index contributed by atoms with van der Waals surface area (Å²) in [5, 5.41) is 12.4. The number of halogens is 1. The molecule has 180 valence electrons. The summed E-state index contributed by atoms with van der Waals surface area (Å²) in [5.41, 5.74) is 3.88. The van der Waals surface area contributed by atoms with Crippen molar-refractivity contribution >= 4 is 55.7 Å². The fourth-order valence-electron chi connectivity index (χ4n) is 4.81. The number of ketones is 1. The van der Waals surface area contributed by atoms with Gasteiger partial charge in [-0.15, -0.1) is 0 Å². The van der Waals surface area contributed by atoms with Crippen LogP contribution in [0.1, 0.15) is 35.2 Å². The zero-order valence-corrected chi connectivity index (χ0v) is 21.1. The molecule has 3 heterocycles. The zero-order chi connectivity index (χ0) is 25.1. The molecule has 1 aromatic heterocycles. The van der Waals surface area contributed by atoms with E-state index in [-0.39, 0.29) is 17.4 Å². The third kappa shape index (κ3) is 3.67. The first-order chi connectivity index (χ1) is 17.3. The van der Waals surface area contributed by atoms with Crippen LogP contribution in [0, 0.1) is 6.92 Å². The highest BCUT2D eigenvalue weighted by Crippen LogP contribution is 2.45. The number of Topliss-reactive ketones (excluding diaryl/α,β-unsaturated/α-hetero) is 1. The van der Waals surface area contributed by atoms with E-state index in [0.717, 1.165) is 21.6 Å². The fraction of sp³-hybridized carbons (Fsp3) is 0.179. The van der Waals surface area contributed by atoms with Crippen LogP contribution in [-0.4, -0.2) is 27.9 Å². The Morgan fingerprint density at radius 2 is 1.89 bits per heavy atom. The monoisotopic (exact) mass is 516 g/mol. The molecule has 0 aliphatic carbocycles. The molecular weight excluding hydrogens is 496 g/mol. The van der Waals surface area contributed by atoms with Gasteiger partial charge in [-0.3, -0.25) is 14.5 Å². The summed E-state index contributed by atoms with van der Waals surface area (Å²) in [6.45, 7) is 3.94. The highest BCUT2D eigenvalue weighted by molar-refractivity contribution is 7.22. The number of rotatable bonds is 3. The van der Waals surface area contributed by atoms with E-state index in [1.54, 1.807) is 30.3 Å². The van der Waals surface area contributed by atoms with E-state index in [1.807, 2.05) is 44.2 Å². The van der Waals surface area contributed by atoms with Gasteiger partial charge in [0.1, 0.15) is 17.6 Å². The Morgan fingerprint density at radius 1 is 1.11 bits per heavy atom. The number of benzene rings is 3. The van der Waals surface area contributed by atoms with Crippen molar-refractivity contribution < 1.29 is 19.4 Å². The Hall–Kier alpha value is -3.68. The molecule has 1 amide bonds. The Kier molecular flexibility index (Phi) is 5.35. The molecule has 2 aliphatic rings. The summed E-state index contributed by atoms with van der Waals surface area (Å²) in [7, 11) is 0. The van der Waals surface area contributed by atoms with E-state index in [1.165, 1.54) is 16.2 Å². The number of aryl methyl sites for hydroxylation is 1. The normalized spacial score (nSPS) is 20.7. The molecule has 2 unspecified atom stereocenters. The van der Waals surface area contributed by atoms with Gasteiger partial charge in [0.15, 0.2) is 5.13 Å². The smallest absolute Gasteiger partial charge is 0.301 e. The quantitative estimate of drug-likeness (QED) is 0.199. The predicted octanol–water partition coefficient (Wildman–Crippen LogP) is 6.21. The lowest BCUT2D eigenvalue weighted by Crippen LogP contribution is -2.29. The maximum absolute atomic E-state index is 13.4. The molecule has 1 saturated heterocycles. The fourth-order valence-corrected chi connectivity index (χ4v) is 6.08. The number of aliphatic hydroxyl groups excluding tert-OH is 1. The number of carbonyl (C=O) groups excluding carboxylic acids is 2. The number of ether oxygens (including phenoxy) is 1. The minimum atomic E-state index is -0.829. The van der Waals surface area contributed by atoms with Gasteiger partial charge in [-0.05, 0) is 61.4 Å². The second-order valence-electron chi connectivity index (χ2n) is 9.14. The van der Waals surface area contributed by atoms with Gasteiger partial charge >= 0.3 is 5.91 Å². The Morgan fingerprint density at radius 3 is 2.67 bits per heavy atom. The third-order valence-electron chi connectivity index (χ3n) is 6.55. The van der Waals surface area contributed by atoms with Crippen LogP contribution in [-0.2, 0) is 16.0 Å². The lowest BCUT2D eigenvalue weighted by atomic mass is 9.94. The van der Waals surface area contributed by atoms with Crippen LogP contribution in [0.2, 0.25) is 5.02 Å². The van der Waals surface area contributed by atoms with E-state index >= 15 is 0 Å². The first kappa shape index (κ1) is 22.8. The molecule has 2 aliphatic heterocycles. The molecule has 6 nitrogen and oxygen atoms in total. The topological polar surface area (TPSA) is 79.7 Å². The van der Waals surface area contributed by atoms with Crippen molar-refractivity contribution in [1.82, 2.24) is 4.98 Å². The van der Waals surface area contributed by atoms with E-state index in [0.29, 0.717) is 33.2 Å².